The summed E-state index contributed by atoms with van der Waals surface area (Å²) in [6.45, 7) is 0. The second-order valence-corrected chi connectivity index (χ2v) is 3.84. The van der Waals surface area contributed by atoms with Crippen LogP contribution in [0, 0.1) is 0 Å². The number of aromatic nitrogens is 1. The van der Waals surface area contributed by atoms with Crippen molar-refractivity contribution in [3.8, 4) is 0 Å². The van der Waals surface area contributed by atoms with Crippen LogP contribution in [-0.2, 0) is 10.6 Å². The summed E-state index contributed by atoms with van der Waals surface area (Å²) < 4.78 is 37.3. The van der Waals surface area contributed by atoms with E-state index in [1.807, 2.05) is 0 Å². The molecule has 1 aromatic rings. The molecule has 0 radical (unpaired) electrons. The average molecular weight is 373 g/mol. The Kier molecular flexibility index (Phi) is 4.14. The number of hydrogen-bond donors (Lipinski definition) is 0. The zero-order valence-corrected chi connectivity index (χ0v) is 10.5. The Morgan fingerprint density at radius 1 is 1.28 bits per heavy atom. The Bertz CT molecular complexity index is 515. The second-order valence-electron chi connectivity index (χ2n) is 3.08. The van der Waals surface area contributed by atoms with Gasteiger partial charge in [0.25, 0.3) is 0 Å². The van der Waals surface area contributed by atoms with E-state index in [0.717, 1.165) is 0 Å². The molecule has 1 rings (SSSR count). The molecule has 98 valence electrons. The molecular formula is C9H3F3INO4-2. The van der Waals surface area contributed by atoms with Gasteiger partial charge in [-0.3, -0.25) is 4.98 Å². The number of nitrogens with zero attached hydrogens (tertiary/aromatic N) is 1. The van der Waals surface area contributed by atoms with Crippen molar-refractivity contribution in [1.29, 1.82) is 0 Å². The zero-order valence-electron chi connectivity index (χ0n) is 8.38. The predicted octanol–water partition coefficient (Wildman–Crippen LogP) is -0.238. The summed E-state index contributed by atoms with van der Waals surface area (Å²) in [4.78, 5) is 24.3. The summed E-state index contributed by atoms with van der Waals surface area (Å²) >= 11 is 1.54. The Balaban J connectivity index is 3.70. The van der Waals surface area contributed by atoms with Crippen LogP contribution in [0.3, 0.4) is 0 Å². The normalized spacial score (nSPS) is 11.3. The van der Waals surface area contributed by atoms with Crippen LogP contribution in [0.4, 0.5) is 13.2 Å². The van der Waals surface area contributed by atoms with Gasteiger partial charge in [-0.05, 0) is 5.56 Å². The van der Waals surface area contributed by atoms with Crippen LogP contribution < -0.4 is 10.2 Å². The van der Waals surface area contributed by atoms with Crippen molar-refractivity contribution in [1.82, 2.24) is 4.98 Å². The van der Waals surface area contributed by atoms with Crippen LogP contribution >= 0.6 is 22.6 Å². The molecule has 0 spiro atoms. The van der Waals surface area contributed by atoms with E-state index in [-0.39, 0.29) is 4.43 Å². The van der Waals surface area contributed by atoms with E-state index in [4.69, 9.17) is 0 Å². The Morgan fingerprint density at radius 3 is 2.17 bits per heavy atom. The molecule has 0 N–H and O–H groups in total. The number of alkyl halides is 4. The molecule has 0 aliphatic heterocycles. The maximum atomic E-state index is 12.5. The fourth-order valence-corrected chi connectivity index (χ4v) is 2.09. The summed E-state index contributed by atoms with van der Waals surface area (Å²) in [5.74, 6) is -3.94. The molecule has 0 amide bonds. The molecule has 5 nitrogen and oxygen atoms in total. The third-order valence-corrected chi connectivity index (χ3v) is 2.78. The first kappa shape index (κ1) is 14.7. The zero-order chi connectivity index (χ0) is 14.1. The van der Waals surface area contributed by atoms with Crippen molar-refractivity contribution in [2.75, 3.05) is 0 Å². The number of rotatable bonds is 3. The third kappa shape index (κ3) is 2.71. The van der Waals surface area contributed by atoms with Crippen LogP contribution in [0.5, 0.6) is 0 Å². The molecule has 0 bridgehead atoms. The van der Waals surface area contributed by atoms with Crippen LogP contribution in [0.25, 0.3) is 0 Å². The van der Waals surface area contributed by atoms with E-state index in [1.54, 1.807) is 0 Å². The number of pyridine rings is 1. The minimum absolute atomic E-state index is 0.268. The summed E-state index contributed by atoms with van der Waals surface area (Å²) in [7, 11) is 0. The maximum absolute atomic E-state index is 12.5. The van der Waals surface area contributed by atoms with Gasteiger partial charge in [0.15, 0.2) is 5.69 Å². The fourth-order valence-electron chi connectivity index (χ4n) is 1.30. The van der Waals surface area contributed by atoms with Crippen LogP contribution in [0.15, 0.2) is 6.20 Å². The highest BCUT2D eigenvalue weighted by Crippen LogP contribution is 2.33. The minimum atomic E-state index is -5.01. The first-order valence-corrected chi connectivity index (χ1v) is 5.80. The monoisotopic (exact) mass is 373 g/mol. The molecule has 1 aromatic heterocycles. The van der Waals surface area contributed by atoms with Gasteiger partial charge in [-0.25, -0.2) is 0 Å². The van der Waals surface area contributed by atoms with Gasteiger partial charge < -0.3 is 19.8 Å². The summed E-state index contributed by atoms with van der Waals surface area (Å²) in [6.07, 6.45) is -4.58. The Labute approximate surface area is 112 Å². The number of carbonyl (C=O) groups is 2. The molecule has 0 aromatic carbocycles. The lowest BCUT2D eigenvalue weighted by Gasteiger charge is -2.19. The smallest absolute Gasteiger partial charge is 0.434 e. The first-order chi connectivity index (χ1) is 8.20. The first-order valence-electron chi connectivity index (χ1n) is 4.27. The number of halogens is 4. The van der Waals surface area contributed by atoms with E-state index in [0.29, 0.717) is 6.20 Å². The number of hydrogen-bond acceptors (Lipinski definition) is 5. The molecule has 0 saturated heterocycles. The van der Waals surface area contributed by atoms with Crippen molar-refractivity contribution < 1.29 is 33.0 Å². The van der Waals surface area contributed by atoms with Crippen molar-refractivity contribution in [3.05, 3.63) is 28.6 Å². The highest BCUT2D eigenvalue weighted by Gasteiger charge is 2.37. The van der Waals surface area contributed by atoms with Crippen molar-refractivity contribution in [3.63, 3.8) is 0 Å². The van der Waals surface area contributed by atoms with Crippen LogP contribution in [-0.4, -0.2) is 16.9 Å². The Morgan fingerprint density at radius 2 is 1.83 bits per heavy atom. The van der Waals surface area contributed by atoms with Crippen LogP contribution in [0.1, 0.15) is 32.0 Å². The molecule has 0 fully saturated rings. The standard InChI is InChI=1S/C9H5F3INO4/c10-9(11,12)6-5(8(17)18)3(1-13)4(2-14-6)7(15)16/h2H,1H2,(H,15,16)(H,17,18)/p-2. The van der Waals surface area contributed by atoms with Gasteiger partial charge in [-0.1, -0.05) is 22.6 Å². The molecule has 0 atom stereocenters. The predicted molar refractivity (Wildman–Crippen MR) is 55.6 cm³/mol. The quantitative estimate of drug-likeness (QED) is 0.539. The molecular weight excluding hydrogens is 370 g/mol. The third-order valence-electron chi connectivity index (χ3n) is 2.01. The average Bonchev–Trinajstić information content (AvgIpc) is 2.25. The molecule has 0 saturated carbocycles. The van der Waals surface area contributed by atoms with Gasteiger partial charge >= 0.3 is 6.18 Å². The highest BCUT2D eigenvalue weighted by atomic mass is 127. The summed E-state index contributed by atoms with van der Waals surface area (Å²) in [5, 5.41) is 21.4. The number of carboxylic acids is 2. The molecule has 1 heterocycles. The van der Waals surface area contributed by atoms with E-state index >= 15 is 0 Å². The van der Waals surface area contributed by atoms with E-state index < -0.39 is 40.5 Å². The van der Waals surface area contributed by atoms with E-state index in [1.165, 1.54) is 22.6 Å². The SMILES string of the molecule is O=C([O-])c1cnc(C(F)(F)F)c(C(=O)[O-])c1CI. The molecule has 0 unspecified atom stereocenters. The summed E-state index contributed by atoms with van der Waals surface area (Å²) in [5.41, 5.74) is -4.17. The number of carboxylic acid groups (broad SMARTS) is 2. The fraction of sp³-hybridized carbons (Fsp3) is 0.222. The summed E-state index contributed by atoms with van der Waals surface area (Å²) in [6, 6.07) is 0. The van der Waals surface area contributed by atoms with Gasteiger partial charge in [-0.2, -0.15) is 13.2 Å². The number of aromatic carboxylic acids is 2. The van der Waals surface area contributed by atoms with Gasteiger partial charge in [0.2, 0.25) is 0 Å². The largest absolute Gasteiger partial charge is 0.545 e. The Hall–Kier alpha value is -1.39. The molecule has 0 aliphatic carbocycles. The molecule has 9 heteroatoms. The van der Waals surface area contributed by atoms with E-state index in [9.17, 15) is 33.0 Å². The van der Waals surface area contributed by atoms with Gasteiger partial charge in [0, 0.05) is 21.8 Å². The lowest BCUT2D eigenvalue weighted by atomic mass is 10.0. The molecule has 0 aliphatic rings. The van der Waals surface area contributed by atoms with E-state index in [2.05, 4.69) is 4.98 Å². The van der Waals surface area contributed by atoms with Gasteiger partial charge in [0.05, 0.1) is 11.9 Å². The minimum Gasteiger partial charge on any atom is -0.545 e. The van der Waals surface area contributed by atoms with Gasteiger partial charge in [0.1, 0.15) is 0 Å². The number of carbonyl (C=O) groups excluding carboxylic acids is 2. The maximum Gasteiger partial charge on any atom is 0.434 e. The lowest BCUT2D eigenvalue weighted by molar-refractivity contribution is -0.256. The second kappa shape index (κ2) is 5.08. The van der Waals surface area contributed by atoms with Crippen molar-refractivity contribution in [2.24, 2.45) is 0 Å². The van der Waals surface area contributed by atoms with Gasteiger partial charge in [-0.15, -0.1) is 0 Å². The highest BCUT2D eigenvalue weighted by molar-refractivity contribution is 14.1. The van der Waals surface area contributed by atoms with Crippen molar-refractivity contribution >= 4 is 34.5 Å². The van der Waals surface area contributed by atoms with Crippen LogP contribution in [0.2, 0.25) is 0 Å². The lowest BCUT2D eigenvalue weighted by Crippen LogP contribution is -2.32. The topological polar surface area (TPSA) is 93.2 Å². The van der Waals surface area contributed by atoms with Crippen molar-refractivity contribution in [2.45, 2.75) is 10.6 Å². The molecule has 18 heavy (non-hydrogen) atoms.